The molecule has 1 aliphatic carbocycles. The van der Waals surface area contributed by atoms with E-state index in [-0.39, 0.29) is 23.6 Å². The maximum atomic E-state index is 12.6. The molecule has 0 saturated heterocycles. The Balaban J connectivity index is 2.07. The predicted molar refractivity (Wildman–Crippen MR) is 119 cm³/mol. The van der Waals surface area contributed by atoms with Crippen LogP contribution in [0.1, 0.15) is 75.4 Å². The molecule has 1 N–H and O–H groups in total. The molecule has 1 saturated carbocycles. The zero-order chi connectivity index (χ0) is 23.0. The number of ether oxygens (including phenoxy) is 2. The summed E-state index contributed by atoms with van der Waals surface area (Å²) < 4.78 is 12.7. The summed E-state index contributed by atoms with van der Waals surface area (Å²) >= 11 is 0. The molecule has 2 rings (SSSR count). The average Bonchev–Trinajstić information content (AvgIpc) is 2.88. The number of carbonyl (C=O) groups is 2. The zero-order valence-electron chi connectivity index (χ0n) is 19.4. The average molecular weight is 430 g/mol. The molecule has 1 aromatic rings. The fourth-order valence-corrected chi connectivity index (χ4v) is 4.25. The van der Waals surface area contributed by atoms with Crippen molar-refractivity contribution in [2.75, 3.05) is 13.7 Å². The number of nitriles is 1. The molecule has 7 nitrogen and oxygen atoms in total. The summed E-state index contributed by atoms with van der Waals surface area (Å²) in [4.78, 5) is 25.0. The van der Waals surface area contributed by atoms with E-state index < -0.39 is 12.1 Å². The van der Waals surface area contributed by atoms with Crippen LogP contribution in [-0.2, 0) is 19.1 Å². The van der Waals surface area contributed by atoms with Crippen molar-refractivity contribution in [1.29, 1.82) is 5.26 Å². The SMILES string of the molecule is COC[C@H](C)n1c(C)cc(/C=C(\C#N)C(=O)O[C@H](C)C(=O)NC2CCCCCC2)c1C. The molecule has 1 heterocycles. The highest BCUT2D eigenvalue weighted by Crippen LogP contribution is 2.23. The van der Waals surface area contributed by atoms with Gasteiger partial charge in [0.2, 0.25) is 0 Å². The second kappa shape index (κ2) is 11.7. The monoisotopic (exact) mass is 429 g/mol. The summed E-state index contributed by atoms with van der Waals surface area (Å²) in [5, 5.41) is 12.5. The number of hydrogen-bond donors (Lipinski definition) is 1. The van der Waals surface area contributed by atoms with E-state index in [1.54, 1.807) is 7.11 Å². The van der Waals surface area contributed by atoms with E-state index in [4.69, 9.17) is 9.47 Å². The predicted octanol–water partition coefficient (Wildman–Crippen LogP) is 3.99. The Hall–Kier alpha value is -2.59. The molecular weight excluding hydrogens is 394 g/mol. The van der Waals surface area contributed by atoms with Gasteiger partial charge in [0.05, 0.1) is 12.6 Å². The zero-order valence-corrected chi connectivity index (χ0v) is 19.4. The lowest BCUT2D eigenvalue weighted by Gasteiger charge is -2.19. The second-order valence-corrected chi connectivity index (χ2v) is 8.42. The fourth-order valence-electron chi connectivity index (χ4n) is 4.25. The van der Waals surface area contributed by atoms with Gasteiger partial charge in [0.15, 0.2) is 6.10 Å². The van der Waals surface area contributed by atoms with Crippen LogP contribution in [0.15, 0.2) is 11.6 Å². The largest absolute Gasteiger partial charge is 0.448 e. The standard InChI is InChI=1S/C24H35N3O4/c1-16-12-20(18(3)27(16)17(2)15-30-5)13-21(14-25)24(29)31-19(4)23(28)26-22-10-8-6-7-9-11-22/h12-13,17,19,22H,6-11,15H2,1-5H3,(H,26,28)/b21-13+/t17-,19+/m0/s1. The van der Waals surface area contributed by atoms with E-state index in [1.165, 1.54) is 25.8 Å². The Labute approximate surface area is 185 Å². The summed E-state index contributed by atoms with van der Waals surface area (Å²) in [5.74, 6) is -1.11. The third-order valence-electron chi connectivity index (χ3n) is 5.87. The van der Waals surface area contributed by atoms with Crippen molar-refractivity contribution < 1.29 is 19.1 Å². The van der Waals surface area contributed by atoms with Crippen molar-refractivity contribution in [3.05, 3.63) is 28.6 Å². The van der Waals surface area contributed by atoms with Gasteiger partial charge in [-0.05, 0) is 58.2 Å². The van der Waals surface area contributed by atoms with E-state index in [1.807, 2.05) is 32.9 Å². The van der Waals surface area contributed by atoms with Crippen LogP contribution in [0, 0.1) is 25.2 Å². The van der Waals surface area contributed by atoms with Crippen LogP contribution in [0.2, 0.25) is 0 Å². The molecule has 1 amide bonds. The lowest BCUT2D eigenvalue weighted by Crippen LogP contribution is -2.42. The van der Waals surface area contributed by atoms with Crippen molar-refractivity contribution >= 4 is 18.0 Å². The summed E-state index contributed by atoms with van der Waals surface area (Å²) in [6.07, 6.45) is 7.05. The normalized spacial score (nSPS) is 17.4. The van der Waals surface area contributed by atoms with Gasteiger partial charge in [0.25, 0.3) is 5.91 Å². The van der Waals surface area contributed by atoms with Crippen molar-refractivity contribution in [1.82, 2.24) is 9.88 Å². The van der Waals surface area contributed by atoms with E-state index in [2.05, 4.69) is 9.88 Å². The van der Waals surface area contributed by atoms with Gasteiger partial charge in [-0.25, -0.2) is 4.79 Å². The molecule has 31 heavy (non-hydrogen) atoms. The first-order chi connectivity index (χ1) is 14.8. The first-order valence-electron chi connectivity index (χ1n) is 11.1. The van der Waals surface area contributed by atoms with Crippen molar-refractivity contribution in [3.8, 4) is 6.07 Å². The Morgan fingerprint density at radius 2 is 1.90 bits per heavy atom. The molecule has 7 heteroatoms. The molecule has 1 aliphatic rings. The number of aryl methyl sites for hydroxylation is 1. The van der Waals surface area contributed by atoms with Gasteiger partial charge in [-0.3, -0.25) is 4.79 Å². The highest BCUT2D eigenvalue weighted by molar-refractivity contribution is 5.99. The Morgan fingerprint density at radius 3 is 2.48 bits per heavy atom. The minimum Gasteiger partial charge on any atom is -0.448 e. The van der Waals surface area contributed by atoms with E-state index in [0.29, 0.717) is 6.61 Å². The Morgan fingerprint density at radius 1 is 1.26 bits per heavy atom. The molecule has 1 fully saturated rings. The summed E-state index contributed by atoms with van der Waals surface area (Å²) in [6, 6.07) is 4.09. The topological polar surface area (TPSA) is 93.3 Å². The van der Waals surface area contributed by atoms with Gasteiger partial charge in [-0.15, -0.1) is 0 Å². The van der Waals surface area contributed by atoms with E-state index >= 15 is 0 Å². The van der Waals surface area contributed by atoms with Gasteiger partial charge in [0, 0.05) is 24.5 Å². The van der Waals surface area contributed by atoms with Gasteiger partial charge in [0.1, 0.15) is 11.6 Å². The number of methoxy groups -OCH3 is 1. The molecule has 0 spiro atoms. The van der Waals surface area contributed by atoms with Crippen LogP contribution in [0.4, 0.5) is 0 Å². The molecule has 0 unspecified atom stereocenters. The highest BCUT2D eigenvalue weighted by atomic mass is 16.5. The number of nitrogens with one attached hydrogen (secondary N) is 1. The van der Waals surface area contributed by atoms with Crippen LogP contribution in [0.3, 0.4) is 0 Å². The molecule has 1 aromatic heterocycles. The molecule has 0 bridgehead atoms. The number of carbonyl (C=O) groups excluding carboxylic acids is 2. The van der Waals surface area contributed by atoms with Crippen LogP contribution in [-0.4, -0.2) is 42.3 Å². The third-order valence-corrected chi connectivity index (χ3v) is 5.87. The summed E-state index contributed by atoms with van der Waals surface area (Å²) in [5.41, 5.74) is 2.58. The van der Waals surface area contributed by atoms with Crippen molar-refractivity contribution in [2.24, 2.45) is 0 Å². The summed E-state index contributed by atoms with van der Waals surface area (Å²) in [7, 11) is 1.66. The first-order valence-corrected chi connectivity index (χ1v) is 11.1. The van der Waals surface area contributed by atoms with Crippen LogP contribution in [0.25, 0.3) is 6.08 Å². The van der Waals surface area contributed by atoms with Gasteiger partial charge >= 0.3 is 5.97 Å². The number of aromatic nitrogens is 1. The van der Waals surface area contributed by atoms with Gasteiger partial charge < -0.3 is 19.4 Å². The number of hydrogen-bond acceptors (Lipinski definition) is 5. The molecule has 0 aliphatic heterocycles. The van der Waals surface area contributed by atoms with Crippen molar-refractivity contribution in [2.45, 2.75) is 84.4 Å². The van der Waals surface area contributed by atoms with Crippen molar-refractivity contribution in [3.63, 3.8) is 0 Å². The molecule has 0 aromatic carbocycles. The number of rotatable bonds is 8. The Bertz CT molecular complexity index is 842. The van der Waals surface area contributed by atoms with Gasteiger partial charge in [-0.2, -0.15) is 5.26 Å². The lowest BCUT2D eigenvalue weighted by molar-refractivity contribution is -0.151. The minimum atomic E-state index is -0.957. The molecular formula is C24H35N3O4. The maximum absolute atomic E-state index is 12.6. The first kappa shape index (κ1) is 24.7. The number of esters is 1. The minimum absolute atomic E-state index is 0.123. The maximum Gasteiger partial charge on any atom is 0.349 e. The highest BCUT2D eigenvalue weighted by Gasteiger charge is 2.24. The number of nitrogens with zero attached hydrogens (tertiary/aromatic N) is 2. The fraction of sp³-hybridized carbons (Fsp3) is 0.625. The number of amides is 1. The molecule has 0 radical (unpaired) electrons. The van der Waals surface area contributed by atoms with Crippen LogP contribution in [0.5, 0.6) is 0 Å². The van der Waals surface area contributed by atoms with E-state index in [0.717, 1.165) is 42.6 Å². The van der Waals surface area contributed by atoms with Gasteiger partial charge in [-0.1, -0.05) is 25.7 Å². The lowest BCUT2D eigenvalue weighted by atomic mass is 10.1. The molecule has 2 atom stereocenters. The Kier molecular flexibility index (Phi) is 9.32. The van der Waals surface area contributed by atoms with E-state index in [9.17, 15) is 14.9 Å². The summed E-state index contributed by atoms with van der Waals surface area (Å²) in [6.45, 7) is 8.05. The third kappa shape index (κ3) is 6.70. The molecule has 170 valence electrons. The quantitative estimate of drug-likeness (QED) is 0.292. The second-order valence-electron chi connectivity index (χ2n) is 8.42. The smallest absolute Gasteiger partial charge is 0.349 e. The van der Waals surface area contributed by atoms with Crippen LogP contribution < -0.4 is 5.32 Å². The van der Waals surface area contributed by atoms with Crippen LogP contribution >= 0.6 is 0 Å².